The van der Waals surface area contributed by atoms with Crippen LogP contribution in [0.5, 0.6) is 0 Å². The van der Waals surface area contributed by atoms with Crippen LogP contribution in [0.3, 0.4) is 0 Å². The van der Waals surface area contributed by atoms with E-state index in [1.54, 1.807) is 0 Å². The third-order valence-corrected chi connectivity index (χ3v) is 9.05. The minimum atomic E-state index is -0.617. The Balaban J connectivity index is 1.21. The molecule has 4 saturated carbocycles. The number of hydrogen-bond donors (Lipinski definition) is 2. The Bertz CT molecular complexity index is 872. The van der Waals surface area contributed by atoms with Crippen LogP contribution in [0.25, 0.3) is 0 Å². The Kier molecular flexibility index (Phi) is 5.27. The van der Waals surface area contributed by atoms with Gasteiger partial charge in [-0.3, -0.25) is 14.5 Å². The molecule has 5 fully saturated rings. The Morgan fingerprint density at radius 3 is 2.16 bits per heavy atom. The van der Waals surface area contributed by atoms with Crippen LogP contribution in [0.2, 0.25) is 0 Å². The van der Waals surface area contributed by atoms with Gasteiger partial charge in [0.1, 0.15) is 0 Å². The minimum Gasteiger partial charge on any atom is -0.481 e. The fourth-order valence-corrected chi connectivity index (χ4v) is 7.27. The number of anilines is 1. The third kappa shape index (κ3) is 3.60. The molecule has 1 aromatic carbocycles. The topological polar surface area (TPSA) is 72.9 Å². The van der Waals surface area contributed by atoms with Crippen molar-refractivity contribution in [1.82, 2.24) is 10.2 Å². The van der Waals surface area contributed by atoms with Gasteiger partial charge < -0.3 is 15.3 Å². The zero-order chi connectivity index (χ0) is 22.7. The largest absolute Gasteiger partial charge is 0.481 e. The number of benzene rings is 1. The van der Waals surface area contributed by atoms with Crippen LogP contribution in [-0.4, -0.2) is 59.6 Å². The maximum absolute atomic E-state index is 13.5. The van der Waals surface area contributed by atoms with Gasteiger partial charge in [0, 0.05) is 37.9 Å². The molecule has 6 heteroatoms. The predicted molar refractivity (Wildman–Crippen MR) is 125 cm³/mol. The van der Waals surface area contributed by atoms with Crippen LogP contribution >= 0.6 is 0 Å². The molecule has 0 radical (unpaired) electrons. The van der Waals surface area contributed by atoms with Gasteiger partial charge in [-0.15, -0.1) is 0 Å². The van der Waals surface area contributed by atoms with Crippen LogP contribution in [0.4, 0.5) is 5.69 Å². The predicted octanol–water partition coefficient (Wildman–Crippen LogP) is 3.29. The zero-order valence-electron chi connectivity index (χ0n) is 19.6. The van der Waals surface area contributed by atoms with Gasteiger partial charge in [0.25, 0.3) is 0 Å². The summed E-state index contributed by atoms with van der Waals surface area (Å²) in [6, 6.07) is 8.80. The molecule has 6 nitrogen and oxygen atoms in total. The number of aliphatic carboxylic acids is 1. The number of carboxylic acids is 1. The highest BCUT2D eigenvalue weighted by Gasteiger charge is 2.59. The highest BCUT2D eigenvalue weighted by atomic mass is 16.4. The maximum atomic E-state index is 13.5. The summed E-state index contributed by atoms with van der Waals surface area (Å²) in [7, 11) is 0. The number of aryl methyl sites for hydroxylation is 1. The monoisotopic (exact) mass is 439 g/mol. The normalized spacial score (nSPS) is 34.5. The summed E-state index contributed by atoms with van der Waals surface area (Å²) in [5.41, 5.74) is 1.42. The molecular weight excluding hydrogens is 402 g/mol. The van der Waals surface area contributed by atoms with E-state index >= 15 is 0 Å². The fraction of sp³-hybridized carbons (Fsp3) is 0.692. The minimum absolute atomic E-state index is 0.100. The number of piperazine rings is 1. The standard InChI is InChI=1S/C26H37N3O3/c1-17-4-6-21(7-5-17)28-8-10-29(11-9-28)25(2,3)23(30)27-22-19-12-18-13-20(22)16-26(14-18,15-19)24(31)32/h4-7,18-20,22H,8-16H2,1-3H3,(H,27,30)(H,31,32). The number of nitrogens with zero attached hydrogens (tertiary/aromatic N) is 2. The molecule has 2 N–H and O–H groups in total. The smallest absolute Gasteiger partial charge is 0.309 e. The first-order valence-electron chi connectivity index (χ1n) is 12.3. The van der Waals surface area contributed by atoms with Crippen LogP contribution in [0, 0.1) is 30.1 Å². The Morgan fingerprint density at radius 1 is 1.00 bits per heavy atom. The van der Waals surface area contributed by atoms with Crippen molar-refractivity contribution in [3.8, 4) is 0 Å². The average Bonchev–Trinajstić information content (AvgIpc) is 2.76. The highest BCUT2D eigenvalue weighted by Crippen LogP contribution is 2.60. The average molecular weight is 440 g/mol. The van der Waals surface area contributed by atoms with Gasteiger partial charge in [-0.05, 0) is 82.8 Å². The van der Waals surface area contributed by atoms with E-state index in [-0.39, 0.29) is 11.9 Å². The number of carbonyl (C=O) groups is 2. The molecule has 5 aliphatic rings. The summed E-state index contributed by atoms with van der Waals surface area (Å²) < 4.78 is 0. The van der Waals surface area contributed by atoms with Gasteiger partial charge in [0.05, 0.1) is 11.0 Å². The number of nitrogens with one attached hydrogen (secondary N) is 1. The molecule has 4 bridgehead atoms. The summed E-state index contributed by atoms with van der Waals surface area (Å²) in [5.74, 6) is 0.641. The lowest BCUT2D eigenvalue weighted by atomic mass is 9.48. The van der Waals surface area contributed by atoms with Crippen molar-refractivity contribution in [1.29, 1.82) is 0 Å². The summed E-state index contributed by atoms with van der Waals surface area (Å²) in [4.78, 5) is 30.2. The third-order valence-electron chi connectivity index (χ3n) is 9.05. The van der Waals surface area contributed by atoms with E-state index in [0.29, 0.717) is 17.8 Å². The molecule has 0 spiro atoms. The second-order valence-corrected chi connectivity index (χ2v) is 11.4. The zero-order valence-corrected chi connectivity index (χ0v) is 19.6. The highest BCUT2D eigenvalue weighted by molar-refractivity contribution is 5.86. The molecule has 2 unspecified atom stereocenters. The summed E-state index contributed by atoms with van der Waals surface area (Å²) in [5, 5.41) is 13.3. The molecular formula is C26H37N3O3. The first-order valence-corrected chi connectivity index (χ1v) is 12.3. The Morgan fingerprint density at radius 2 is 1.59 bits per heavy atom. The molecule has 4 aliphatic carbocycles. The van der Waals surface area contributed by atoms with Crippen LogP contribution in [0.15, 0.2) is 24.3 Å². The van der Waals surface area contributed by atoms with Gasteiger partial charge in [-0.2, -0.15) is 0 Å². The summed E-state index contributed by atoms with van der Waals surface area (Å²) in [6.45, 7) is 9.73. The van der Waals surface area contributed by atoms with Crippen molar-refractivity contribution in [3.05, 3.63) is 29.8 Å². The van der Waals surface area contributed by atoms with Crippen molar-refractivity contribution in [3.63, 3.8) is 0 Å². The quantitative estimate of drug-likeness (QED) is 0.737. The number of hydrogen-bond acceptors (Lipinski definition) is 4. The van der Waals surface area contributed by atoms with Crippen molar-refractivity contribution >= 4 is 17.6 Å². The first kappa shape index (κ1) is 21.7. The second-order valence-electron chi connectivity index (χ2n) is 11.4. The summed E-state index contributed by atoms with van der Waals surface area (Å²) in [6.07, 6.45) is 4.46. The van der Waals surface area contributed by atoms with Crippen LogP contribution in [0.1, 0.15) is 51.5 Å². The van der Waals surface area contributed by atoms with Gasteiger partial charge in [-0.25, -0.2) is 0 Å². The molecule has 32 heavy (non-hydrogen) atoms. The molecule has 2 atom stereocenters. The van der Waals surface area contributed by atoms with E-state index < -0.39 is 16.9 Å². The number of carboxylic acid groups (broad SMARTS) is 1. The Hall–Kier alpha value is -2.08. The first-order chi connectivity index (χ1) is 15.2. The lowest BCUT2D eigenvalue weighted by molar-refractivity contribution is -0.168. The molecule has 1 heterocycles. The van der Waals surface area contributed by atoms with E-state index in [1.165, 1.54) is 11.3 Å². The van der Waals surface area contributed by atoms with Crippen molar-refractivity contribution in [2.24, 2.45) is 23.2 Å². The molecule has 1 aliphatic heterocycles. The molecule has 0 aromatic heterocycles. The molecule has 1 amide bonds. The van der Waals surface area contributed by atoms with Crippen LogP contribution in [-0.2, 0) is 9.59 Å². The lowest BCUT2D eigenvalue weighted by Crippen LogP contribution is -2.66. The van der Waals surface area contributed by atoms with Gasteiger partial charge in [0.2, 0.25) is 5.91 Å². The number of amides is 1. The maximum Gasteiger partial charge on any atom is 0.309 e. The second kappa shape index (κ2) is 7.75. The molecule has 174 valence electrons. The molecule has 1 aromatic rings. The van der Waals surface area contributed by atoms with E-state index in [4.69, 9.17) is 0 Å². The van der Waals surface area contributed by atoms with E-state index in [0.717, 1.165) is 58.3 Å². The number of rotatable bonds is 5. The SMILES string of the molecule is Cc1ccc(N2CCN(C(C)(C)C(=O)NC3C4CC5CC3CC(C(=O)O)(C5)C4)CC2)cc1. The van der Waals surface area contributed by atoms with Crippen molar-refractivity contribution < 1.29 is 14.7 Å². The van der Waals surface area contributed by atoms with Gasteiger partial charge >= 0.3 is 5.97 Å². The lowest BCUT2D eigenvalue weighted by Gasteiger charge is -2.58. The van der Waals surface area contributed by atoms with E-state index in [2.05, 4.69) is 46.3 Å². The van der Waals surface area contributed by atoms with Gasteiger partial charge in [-0.1, -0.05) is 17.7 Å². The van der Waals surface area contributed by atoms with Crippen LogP contribution < -0.4 is 10.2 Å². The van der Waals surface area contributed by atoms with E-state index in [9.17, 15) is 14.7 Å². The summed E-state index contributed by atoms with van der Waals surface area (Å²) >= 11 is 0. The van der Waals surface area contributed by atoms with Crippen molar-refractivity contribution in [2.75, 3.05) is 31.1 Å². The molecule has 6 rings (SSSR count). The molecule has 1 saturated heterocycles. The fourth-order valence-electron chi connectivity index (χ4n) is 7.27. The Labute approximate surface area is 191 Å². The number of carbonyl (C=O) groups excluding carboxylic acids is 1. The van der Waals surface area contributed by atoms with E-state index in [1.807, 2.05) is 13.8 Å². The van der Waals surface area contributed by atoms with Crippen molar-refractivity contribution in [2.45, 2.75) is 64.5 Å². The van der Waals surface area contributed by atoms with Gasteiger partial charge in [0.15, 0.2) is 0 Å².